The highest BCUT2D eigenvalue weighted by Crippen LogP contribution is 2.29. The fraction of sp³-hybridized carbons (Fsp3) is 0.389. The molecule has 5 heteroatoms. The Kier molecular flexibility index (Phi) is 3.69. The summed E-state index contributed by atoms with van der Waals surface area (Å²) < 4.78 is 5.74. The van der Waals surface area contributed by atoms with Gasteiger partial charge in [-0.25, -0.2) is 4.98 Å². The van der Waals surface area contributed by atoms with Gasteiger partial charge in [0, 0.05) is 43.5 Å². The van der Waals surface area contributed by atoms with E-state index in [4.69, 9.17) is 4.74 Å². The Balaban J connectivity index is 1.45. The predicted molar refractivity (Wildman–Crippen MR) is 85.1 cm³/mol. The van der Waals surface area contributed by atoms with Gasteiger partial charge in [0.15, 0.2) is 0 Å². The molecule has 0 radical (unpaired) electrons. The van der Waals surface area contributed by atoms with E-state index in [-0.39, 0.29) is 5.91 Å². The summed E-state index contributed by atoms with van der Waals surface area (Å²) >= 11 is 0. The van der Waals surface area contributed by atoms with Crippen LogP contribution in [0.2, 0.25) is 0 Å². The number of amides is 1. The van der Waals surface area contributed by atoms with Gasteiger partial charge >= 0.3 is 0 Å². The van der Waals surface area contributed by atoms with Crippen molar-refractivity contribution < 1.29 is 9.53 Å². The molecule has 118 valence electrons. The van der Waals surface area contributed by atoms with Crippen molar-refractivity contribution in [1.29, 1.82) is 0 Å². The Hall–Kier alpha value is -2.43. The van der Waals surface area contributed by atoms with E-state index in [2.05, 4.69) is 9.97 Å². The first-order chi connectivity index (χ1) is 11.3. The summed E-state index contributed by atoms with van der Waals surface area (Å²) in [6.07, 6.45) is 6.62. The average molecular weight is 309 g/mol. The molecule has 1 fully saturated rings. The van der Waals surface area contributed by atoms with Gasteiger partial charge in [-0.1, -0.05) is 6.07 Å². The fourth-order valence-electron chi connectivity index (χ4n) is 2.81. The third-order valence-corrected chi connectivity index (χ3v) is 4.40. The zero-order valence-electron chi connectivity index (χ0n) is 12.9. The Morgan fingerprint density at radius 1 is 1.22 bits per heavy atom. The Bertz CT molecular complexity index is 713. The SMILES string of the molecule is O=C(c1ccncc1)N1CCc2nc(OCC3CC3)ccc2C1. The maximum atomic E-state index is 12.5. The van der Waals surface area contributed by atoms with Crippen molar-refractivity contribution in [2.75, 3.05) is 13.2 Å². The molecule has 0 bridgehead atoms. The zero-order valence-corrected chi connectivity index (χ0v) is 12.9. The molecule has 1 aliphatic carbocycles. The van der Waals surface area contributed by atoms with Crippen LogP contribution in [0.4, 0.5) is 0 Å². The van der Waals surface area contributed by atoms with Crippen molar-refractivity contribution >= 4 is 5.91 Å². The largest absolute Gasteiger partial charge is 0.477 e. The van der Waals surface area contributed by atoms with Crippen LogP contribution in [0.3, 0.4) is 0 Å². The van der Waals surface area contributed by atoms with Crippen molar-refractivity contribution in [3.8, 4) is 5.88 Å². The van der Waals surface area contributed by atoms with Gasteiger partial charge < -0.3 is 9.64 Å². The molecule has 0 spiro atoms. The number of hydrogen-bond donors (Lipinski definition) is 0. The second kappa shape index (κ2) is 5.99. The molecule has 0 unspecified atom stereocenters. The van der Waals surface area contributed by atoms with Gasteiger partial charge in [-0.3, -0.25) is 9.78 Å². The maximum absolute atomic E-state index is 12.5. The number of fused-ring (bicyclic) bond motifs is 1. The molecule has 1 aliphatic heterocycles. The minimum absolute atomic E-state index is 0.0482. The lowest BCUT2D eigenvalue weighted by molar-refractivity contribution is 0.0733. The lowest BCUT2D eigenvalue weighted by atomic mass is 10.0. The lowest BCUT2D eigenvalue weighted by Crippen LogP contribution is -2.36. The molecule has 23 heavy (non-hydrogen) atoms. The monoisotopic (exact) mass is 309 g/mol. The molecule has 1 saturated carbocycles. The summed E-state index contributed by atoms with van der Waals surface area (Å²) in [5.74, 6) is 1.48. The third-order valence-electron chi connectivity index (χ3n) is 4.40. The van der Waals surface area contributed by atoms with Crippen molar-refractivity contribution in [2.45, 2.75) is 25.8 Å². The Morgan fingerprint density at radius 2 is 2.04 bits per heavy atom. The number of ether oxygens (including phenoxy) is 1. The van der Waals surface area contributed by atoms with Crippen LogP contribution in [0.5, 0.6) is 5.88 Å². The molecule has 2 aromatic heterocycles. The van der Waals surface area contributed by atoms with E-state index in [9.17, 15) is 4.79 Å². The highest BCUT2D eigenvalue weighted by molar-refractivity contribution is 5.94. The number of carbonyl (C=O) groups excluding carboxylic acids is 1. The second-order valence-electron chi connectivity index (χ2n) is 6.22. The van der Waals surface area contributed by atoms with Gasteiger partial charge in [-0.15, -0.1) is 0 Å². The number of hydrogen-bond acceptors (Lipinski definition) is 4. The minimum atomic E-state index is 0.0482. The van der Waals surface area contributed by atoms with Crippen LogP contribution < -0.4 is 4.74 Å². The Morgan fingerprint density at radius 3 is 2.83 bits per heavy atom. The minimum Gasteiger partial charge on any atom is -0.477 e. The lowest BCUT2D eigenvalue weighted by Gasteiger charge is -2.28. The van der Waals surface area contributed by atoms with Gasteiger partial charge in [-0.2, -0.15) is 0 Å². The van der Waals surface area contributed by atoms with Crippen molar-refractivity contribution in [3.63, 3.8) is 0 Å². The predicted octanol–water partition coefficient (Wildman–Crippen LogP) is 2.46. The number of carbonyl (C=O) groups is 1. The summed E-state index contributed by atoms with van der Waals surface area (Å²) in [7, 11) is 0. The molecule has 0 saturated heterocycles. The first-order valence-corrected chi connectivity index (χ1v) is 8.10. The van der Waals surface area contributed by atoms with E-state index in [0.29, 0.717) is 24.5 Å². The smallest absolute Gasteiger partial charge is 0.254 e. The molecule has 0 N–H and O–H groups in total. The molecule has 0 aromatic carbocycles. The fourth-order valence-corrected chi connectivity index (χ4v) is 2.81. The first kappa shape index (κ1) is 14.2. The zero-order chi connectivity index (χ0) is 15.6. The molecule has 5 nitrogen and oxygen atoms in total. The van der Waals surface area contributed by atoms with E-state index < -0.39 is 0 Å². The topological polar surface area (TPSA) is 55.3 Å². The van der Waals surface area contributed by atoms with Crippen molar-refractivity contribution in [1.82, 2.24) is 14.9 Å². The first-order valence-electron chi connectivity index (χ1n) is 8.10. The van der Waals surface area contributed by atoms with Gasteiger partial charge in [0.2, 0.25) is 5.88 Å². The van der Waals surface area contributed by atoms with E-state index in [0.717, 1.165) is 30.2 Å². The number of aromatic nitrogens is 2. The van der Waals surface area contributed by atoms with Crippen LogP contribution in [-0.4, -0.2) is 33.9 Å². The van der Waals surface area contributed by atoms with Crippen LogP contribution >= 0.6 is 0 Å². The summed E-state index contributed by atoms with van der Waals surface area (Å²) in [5, 5.41) is 0. The summed E-state index contributed by atoms with van der Waals surface area (Å²) in [6.45, 7) is 2.07. The van der Waals surface area contributed by atoms with E-state index >= 15 is 0 Å². The molecule has 0 atom stereocenters. The molecule has 2 aromatic rings. The number of nitrogens with zero attached hydrogens (tertiary/aromatic N) is 3. The molecular formula is C18H19N3O2. The third kappa shape index (κ3) is 3.18. The molecule has 3 heterocycles. The normalized spacial score (nSPS) is 16.8. The highest BCUT2D eigenvalue weighted by Gasteiger charge is 2.24. The van der Waals surface area contributed by atoms with E-state index in [1.54, 1.807) is 24.5 Å². The van der Waals surface area contributed by atoms with Crippen LogP contribution in [0.25, 0.3) is 0 Å². The summed E-state index contributed by atoms with van der Waals surface area (Å²) in [6, 6.07) is 7.47. The number of pyridine rings is 2. The van der Waals surface area contributed by atoms with Crippen LogP contribution in [0.1, 0.15) is 34.5 Å². The van der Waals surface area contributed by atoms with Crippen LogP contribution in [0, 0.1) is 5.92 Å². The standard InChI is InChI=1S/C18H19N3O2/c22-18(14-5-8-19-9-6-14)21-10-7-16-15(11-21)3-4-17(20-16)23-12-13-1-2-13/h3-6,8-9,13H,1-2,7,10-12H2. The van der Waals surface area contributed by atoms with Crippen molar-refractivity contribution in [3.05, 3.63) is 53.5 Å². The average Bonchev–Trinajstić information content (AvgIpc) is 3.44. The van der Waals surface area contributed by atoms with Gasteiger partial charge in [0.1, 0.15) is 0 Å². The van der Waals surface area contributed by atoms with Gasteiger partial charge in [-0.05, 0) is 36.5 Å². The van der Waals surface area contributed by atoms with Gasteiger partial charge in [0.05, 0.1) is 12.3 Å². The van der Waals surface area contributed by atoms with E-state index in [1.165, 1.54) is 12.8 Å². The summed E-state index contributed by atoms with van der Waals surface area (Å²) in [4.78, 5) is 22.9. The number of rotatable bonds is 4. The maximum Gasteiger partial charge on any atom is 0.254 e. The molecular weight excluding hydrogens is 290 g/mol. The quantitative estimate of drug-likeness (QED) is 0.870. The van der Waals surface area contributed by atoms with Crippen LogP contribution in [-0.2, 0) is 13.0 Å². The second-order valence-corrected chi connectivity index (χ2v) is 6.22. The molecule has 4 rings (SSSR count). The molecule has 1 amide bonds. The Labute approximate surface area is 135 Å². The highest BCUT2D eigenvalue weighted by atomic mass is 16.5. The van der Waals surface area contributed by atoms with Crippen LogP contribution in [0.15, 0.2) is 36.7 Å². The van der Waals surface area contributed by atoms with E-state index in [1.807, 2.05) is 17.0 Å². The van der Waals surface area contributed by atoms with Crippen molar-refractivity contribution in [2.24, 2.45) is 5.92 Å². The molecule has 2 aliphatic rings. The van der Waals surface area contributed by atoms with Gasteiger partial charge in [0.25, 0.3) is 5.91 Å². The summed E-state index contributed by atoms with van der Waals surface area (Å²) in [5.41, 5.74) is 2.84.